The van der Waals surface area contributed by atoms with E-state index < -0.39 is 24.0 Å². The summed E-state index contributed by atoms with van der Waals surface area (Å²) in [5.41, 5.74) is -2.25. The van der Waals surface area contributed by atoms with E-state index in [4.69, 9.17) is 0 Å². The molecule has 0 radical (unpaired) electrons. The highest BCUT2D eigenvalue weighted by molar-refractivity contribution is 5.61. The minimum Gasteiger partial charge on any atom is -0.376 e. The van der Waals surface area contributed by atoms with Crippen LogP contribution in [0.4, 0.5) is 23.4 Å². The zero-order valence-electron chi connectivity index (χ0n) is 15.3. The Morgan fingerprint density at radius 1 is 1.21 bits per heavy atom. The third-order valence-corrected chi connectivity index (χ3v) is 4.99. The molecule has 0 unspecified atom stereocenters. The highest BCUT2D eigenvalue weighted by Gasteiger charge is 2.51. The van der Waals surface area contributed by atoms with Crippen molar-refractivity contribution in [1.82, 2.24) is 24.7 Å². The zero-order valence-corrected chi connectivity index (χ0v) is 15.3. The molecule has 154 valence electrons. The fourth-order valence-electron chi connectivity index (χ4n) is 3.16. The quantitative estimate of drug-likeness (QED) is 0.572. The third kappa shape index (κ3) is 3.51. The van der Waals surface area contributed by atoms with Crippen molar-refractivity contribution in [2.24, 2.45) is 0 Å². The van der Waals surface area contributed by atoms with Crippen LogP contribution in [-0.4, -0.2) is 55.9 Å². The van der Waals surface area contributed by atoms with E-state index in [-0.39, 0.29) is 12.1 Å². The summed E-state index contributed by atoms with van der Waals surface area (Å²) >= 11 is 0. The molecular weight excluding hydrogens is 392 g/mol. The Morgan fingerprint density at radius 2 is 2.00 bits per heavy atom. The number of aromatic nitrogens is 4. The van der Waals surface area contributed by atoms with Crippen LogP contribution in [0.5, 0.6) is 0 Å². The first-order valence-electron chi connectivity index (χ1n) is 8.87. The van der Waals surface area contributed by atoms with Gasteiger partial charge in [0.1, 0.15) is 23.3 Å². The predicted octanol–water partition coefficient (Wildman–Crippen LogP) is 2.28. The topological polar surface area (TPSA) is 87.4 Å². The number of nitrogens with one attached hydrogen (secondary N) is 2. The number of anilines is 1. The second-order valence-electron chi connectivity index (χ2n) is 7.07. The Morgan fingerprint density at radius 3 is 2.69 bits per heavy atom. The van der Waals surface area contributed by atoms with Gasteiger partial charge in [0.05, 0.1) is 30.3 Å². The highest BCUT2D eigenvalue weighted by Crippen LogP contribution is 2.38. The first-order chi connectivity index (χ1) is 13.7. The molecule has 3 N–H and O–H groups in total. The minimum atomic E-state index is -4.84. The molecule has 0 saturated carbocycles. The number of rotatable bonds is 4. The maximum absolute atomic E-state index is 13.8. The lowest BCUT2D eigenvalue weighted by atomic mass is 9.97. The molecule has 4 rings (SSSR count). The number of pyridine rings is 1. The molecule has 7 nitrogen and oxygen atoms in total. The molecule has 0 aromatic carbocycles. The molecular formula is C18H18F4N6O. The number of hydrogen-bond acceptors (Lipinski definition) is 6. The van der Waals surface area contributed by atoms with Crippen molar-refractivity contribution >= 4 is 11.5 Å². The van der Waals surface area contributed by atoms with Crippen LogP contribution in [0.25, 0.3) is 17.0 Å². The van der Waals surface area contributed by atoms with Crippen molar-refractivity contribution in [2.45, 2.75) is 30.9 Å². The molecule has 0 spiro atoms. The van der Waals surface area contributed by atoms with Gasteiger partial charge in [-0.05, 0) is 13.0 Å². The molecule has 0 amide bonds. The van der Waals surface area contributed by atoms with Crippen LogP contribution in [0.3, 0.4) is 0 Å². The van der Waals surface area contributed by atoms with Gasteiger partial charge in [-0.25, -0.2) is 14.4 Å². The molecule has 3 aromatic rings. The van der Waals surface area contributed by atoms with Gasteiger partial charge in [-0.15, -0.1) is 0 Å². The van der Waals surface area contributed by atoms with Crippen LogP contribution < -0.4 is 10.6 Å². The third-order valence-electron chi connectivity index (χ3n) is 4.99. The SMILES string of the molecule is C[C@@](O)(c1ccc2ncc(-c3cncc(N[C@H]4CNC[C@@H]4F)n3)n2c1)C(F)(F)F. The second kappa shape index (κ2) is 6.92. The molecule has 3 atom stereocenters. The molecule has 3 aromatic heterocycles. The number of halogens is 4. The van der Waals surface area contributed by atoms with E-state index in [0.29, 0.717) is 36.3 Å². The van der Waals surface area contributed by atoms with E-state index in [0.717, 1.165) is 0 Å². The molecule has 11 heteroatoms. The smallest absolute Gasteiger partial charge is 0.376 e. The van der Waals surface area contributed by atoms with Crippen molar-refractivity contribution in [2.75, 3.05) is 18.4 Å². The van der Waals surface area contributed by atoms with Gasteiger partial charge < -0.3 is 15.7 Å². The summed E-state index contributed by atoms with van der Waals surface area (Å²) in [5.74, 6) is 0.340. The maximum atomic E-state index is 13.8. The fourth-order valence-corrected chi connectivity index (χ4v) is 3.16. The van der Waals surface area contributed by atoms with Gasteiger partial charge in [0.15, 0.2) is 5.60 Å². The summed E-state index contributed by atoms with van der Waals surface area (Å²) in [7, 11) is 0. The Balaban J connectivity index is 1.71. The molecule has 1 fully saturated rings. The average molecular weight is 410 g/mol. The van der Waals surface area contributed by atoms with Crippen molar-refractivity contribution in [1.29, 1.82) is 0 Å². The molecule has 29 heavy (non-hydrogen) atoms. The predicted molar refractivity (Wildman–Crippen MR) is 97.0 cm³/mol. The summed E-state index contributed by atoms with van der Waals surface area (Å²) in [6.07, 6.45) is -0.414. The lowest BCUT2D eigenvalue weighted by molar-refractivity contribution is -0.259. The summed E-state index contributed by atoms with van der Waals surface area (Å²) in [6.45, 7) is 1.39. The number of aliphatic hydroxyl groups is 1. The molecule has 0 aliphatic carbocycles. The van der Waals surface area contributed by atoms with E-state index >= 15 is 0 Å². The Bertz CT molecular complexity index is 1030. The number of alkyl halides is 4. The highest BCUT2D eigenvalue weighted by atomic mass is 19.4. The summed E-state index contributed by atoms with van der Waals surface area (Å²) in [4.78, 5) is 12.6. The summed E-state index contributed by atoms with van der Waals surface area (Å²) in [5, 5.41) is 15.9. The van der Waals surface area contributed by atoms with Crippen molar-refractivity contribution in [3.63, 3.8) is 0 Å². The van der Waals surface area contributed by atoms with Gasteiger partial charge in [0, 0.05) is 24.8 Å². The van der Waals surface area contributed by atoms with Gasteiger partial charge in [-0.1, -0.05) is 6.07 Å². The van der Waals surface area contributed by atoms with E-state index in [9.17, 15) is 22.7 Å². The van der Waals surface area contributed by atoms with E-state index in [1.54, 1.807) is 0 Å². The number of nitrogens with zero attached hydrogens (tertiary/aromatic N) is 4. The van der Waals surface area contributed by atoms with Crippen LogP contribution in [-0.2, 0) is 5.60 Å². The summed E-state index contributed by atoms with van der Waals surface area (Å²) in [6, 6.07) is 2.11. The van der Waals surface area contributed by atoms with Crippen LogP contribution in [0.15, 0.2) is 36.9 Å². The molecule has 0 bridgehead atoms. The number of imidazole rings is 1. The molecule has 1 aliphatic rings. The Kier molecular flexibility index (Phi) is 4.66. The van der Waals surface area contributed by atoms with Gasteiger partial charge in [-0.3, -0.25) is 9.38 Å². The molecule has 1 saturated heterocycles. The summed E-state index contributed by atoms with van der Waals surface area (Å²) < 4.78 is 54.8. The van der Waals surface area contributed by atoms with E-state index in [2.05, 4.69) is 25.6 Å². The minimum absolute atomic E-state index is 0.250. The van der Waals surface area contributed by atoms with Crippen LogP contribution >= 0.6 is 0 Å². The van der Waals surface area contributed by atoms with Crippen molar-refractivity contribution in [3.05, 3.63) is 42.5 Å². The van der Waals surface area contributed by atoms with Crippen LogP contribution in [0.2, 0.25) is 0 Å². The molecule has 1 aliphatic heterocycles. The van der Waals surface area contributed by atoms with Crippen LogP contribution in [0, 0.1) is 0 Å². The van der Waals surface area contributed by atoms with Gasteiger partial charge in [0.2, 0.25) is 0 Å². The Hall–Kier alpha value is -2.79. The first kappa shape index (κ1) is 19.5. The lowest BCUT2D eigenvalue weighted by Crippen LogP contribution is -2.39. The average Bonchev–Trinajstić information content (AvgIpc) is 3.27. The zero-order chi connectivity index (χ0) is 20.8. The lowest BCUT2D eigenvalue weighted by Gasteiger charge is -2.26. The van der Waals surface area contributed by atoms with Gasteiger partial charge in [0.25, 0.3) is 0 Å². The molecule has 4 heterocycles. The van der Waals surface area contributed by atoms with E-state index in [1.807, 2.05) is 0 Å². The largest absolute Gasteiger partial charge is 0.421 e. The second-order valence-corrected chi connectivity index (χ2v) is 7.07. The van der Waals surface area contributed by atoms with Gasteiger partial charge >= 0.3 is 6.18 Å². The maximum Gasteiger partial charge on any atom is 0.421 e. The standard InChI is InChI=1S/C18H18F4N6O/c1-17(29,18(20,21)22)10-2-3-16-25-7-14(28(16)9-10)13-6-24-8-15(27-13)26-12-5-23-4-11(12)19/h2-3,6-9,11-12,23,29H,4-5H2,1H3,(H,26,27)/t11-,12-,17+/m0/s1. The van der Waals surface area contributed by atoms with Gasteiger partial charge in [-0.2, -0.15) is 13.2 Å². The number of hydrogen-bond donors (Lipinski definition) is 3. The van der Waals surface area contributed by atoms with Crippen molar-refractivity contribution < 1.29 is 22.7 Å². The first-order valence-corrected chi connectivity index (χ1v) is 8.87. The van der Waals surface area contributed by atoms with Crippen molar-refractivity contribution in [3.8, 4) is 11.4 Å². The number of fused-ring (bicyclic) bond motifs is 1. The Labute approximate surface area is 162 Å². The monoisotopic (exact) mass is 410 g/mol. The van der Waals surface area contributed by atoms with E-state index in [1.165, 1.54) is 41.3 Å². The fraction of sp³-hybridized carbons (Fsp3) is 0.389. The normalized spacial score (nSPS) is 22.0. The van der Waals surface area contributed by atoms with Crippen LogP contribution in [0.1, 0.15) is 12.5 Å².